The Hall–Kier alpha value is -1.36. The molecule has 1 aliphatic carbocycles. The van der Waals surface area contributed by atoms with Crippen LogP contribution in [0.3, 0.4) is 0 Å². The van der Waals surface area contributed by atoms with Crippen molar-refractivity contribution in [2.75, 3.05) is 5.73 Å². The molecule has 0 saturated carbocycles. The molecule has 2 aromatic rings. The molecular weight excluding hydrogens is 208 g/mol. The number of fused-ring (bicyclic) bond motifs is 1. The number of thiophene rings is 1. The molecule has 0 radical (unpaired) electrons. The third-order valence-electron chi connectivity index (χ3n) is 2.88. The molecule has 5 heteroatoms. The van der Waals surface area contributed by atoms with Gasteiger partial charge in [0.15, 0.2) is 5.82 Å². The quantitative estimate of drug-likeness (QED) is 0.794. The minimum Gasteiger partial charge on any atom is -0.390 e. The number of nitrogens with two attached hydrogens (primary N) is 1. The van der Waals surface area contributed by atoms with Crippen molar-refractivity contribution in [1.82, 2.24) is 14.8 Å². The average Bonchev–Trinajstić information content (AvgIpc) is 2.82. The minimum absolute atomic E-state index is 0.885. The van der Waals surface area contributed by atoms with Crippen LogP contribution in [0.15, 0.2) is 6.33 Å². The second-order valence-corrected chi connectivity index (χ2v) is 5.00. The predicted octanol–water partition coefficient (Wildman–Crippen LogP) is 1.61. The summed E-state index contributed by atoms with van der Waals surface area (Å²) in [5, 5.41) is 8.93. The molecule has 0 aromatic carbocycles. The van der Waals surface area contributed by atoms with Crippen molar-refractivity contribution in [2.24, 2.45) is 7.05 Å². The molecule has 15 heavy (non-hydrogen) atoms. The van der Waals surface area contributed by atoms with Crippen LogP contribution in [0.25, 0.3) is 11.4 Å². The molecule has 2 aromatic heterocycles. The van der Waals surface area contributed by atoms with Gasteiger partial charge in [-0.15, -0.1) is 21.5 Å². The highest BCUT2D eigenvalue weighted by Crippen LogP contribution is 2.42. The van der Waals surface area contributed by atoms with Gasteiger partial charge in [-0.25, -0.2) is 0 Å². The first-order valence-corrected chi connectivity index (χ1v) is 5.83. The van der Waals surface area contributed by atoms with Crippen molar-refractivity contribution in [3.8, 4) is 11.4 Å². The first-order valence-electron chi connectivity index (χ1n) is 5.01. The van der Waals surface area contributed by atoms with Crippen LogP contribution in [0.2, 0.25) is 0 Å². The summed E-state index contributed by atoms with van der Waals surface area (Å²) in [7, 11) is 1.95. The van der Waals surface area contributed by atoms with E-state index < -0.39 is 0 Å². The summed E-state index contributed by atoms with van der Waals surface area (Å²) in [6, 6.07) is 0. The standard InChI is InChI=1S/C10H12N4S/c1-14-5-12-13-10(14)8-6-3-2-4-7(6)15-9(8)11/h5H,2-4,11H2,1H3. The molecule has 0 spiro atoms. The van der Waals surface area contributed by atoms with E-state index in [1.54, 1.807) is 17.7 Å². The fourth-order valence-electron chi connectivity index (χ4n) is 2.18. The third-order valence-corrected chi connectivity index (χ3v) is 4.00. The van der Waals surface area contributed by atoms with E-state index in [1.165, 1.54) is 23.3 Å². The van der Waals surface area contributed by atoms with Gasteiger partial charge in [-0.1, -0.05) is 0 Å². The van der Waals surface area contributed by atoms with E-state index in [4.69, 9.17) is 5.73 Å². The molecule has 0 saturated heterocycles. The first kappa shape index (κ1) is 8.91. The minimum atomic E-state index is 0.885. The van der Waals surface area contributed by atoms with Crippen molar-refractivity contribution in [2.45, 2.75) is 19.3 Å². The molecule has 0 unspecified atom stereocenters. The number of nitrogens with zero attached hydrogens (tertiary/aromatic N) is 3. The number of rotatable bonds is 1. The summed E-state index contributed by atoms with van der Waals surface area (Å²) in [6.45, 7) is 0. The molecule has 0 fully saturated rings. The molecule has 0 amide bonds. The van der Waals surface area contributed by atoms with Crippen LogP contribution >= 0.6 is 11.3 Å². The highest BCUT2D eigenvalue weighted by Gasteiger charge is 2.24. The lowest BCUT2D eigenvalue weighted by atomic mass is 10.1. The maximum atomic E-state index is 6.05. The van der Waals surface area contributed by atoms with Crippen LogP contribution in [-0.4, -0.2) is 14.8 Å². The lowest BCUT2D eigenvalue weighted by Crippen LogP contribution is -1.95. The Morgan fingerprint density at radius 3 is 3.07 bits per heavy atom. The summed E-state index contributed by atoms with van der Waals surface area (Å²) in [5.74, 6) is 0.895. The van der Waals surface area contributed by atoms with Gasteiger partial charge >= 0.3 is 0 Å². The second-order valence-electron chi connectivity index (χ2n) is 3.86. The number of anilines is 1. The van der Waals surface area contributed by atoms with Crippen LogP contribution in [0.4, 0.5) is 5.00 Å². The molecule has 2 heterocycles. The van der Waals surface area contributed by atoms with E-state index in [9.17, 15) is 0 Å². The van der Waals surface area contributed by atoms with Crippen LogP contribution in [0.1, 0.15) is 16.9 Å². The fraction of sp³-hybridized carbons (Fsp3) is 0.400. The summed E-state index contributed by atoms with van der Waals surface area (Å²) in [5.41, 5.74) is 8.56. The Bertz CT molecular complexity index is 511. The Labute approximate surface area is 91.7 Å². The lowest BCUT2D eigenvalue weighted by molar-refractivity contribution is 0.903. The summed E-state index contributed by atoms with van der Waals surface area (Å²) in [6.07, 6.45) is 5.26. The van der Waals surface area contributed by atoms with E-state index >= 15 is 0 Å². The number of nitrogen functional groups attached to an aromatic ring is 1. The van der Waals surface area contributed by atoms with Crippen molar-refractivity contribution in [1.29, 1.82) is 0 Å². The highest BCUT2D eigenvalue weighted by molar-refractivity contribution is 7.16. The van der Waals surface area contributed by atoms with Gasteiger partial charge in [0.05, 0.1) is 10.6 Å². The molecule has 2 N–H and O–H groups in total. The summed E-state index contributed by atoms with van der Waals surface area (Å²) < 4.78 is 1.93. The van der Waals surface area contributed by atoms with Gasteiger partial charge in [-0.3, -0.25) is 0 Å². The smallest absolute Gasteiger partial charge is 0.166 e. The van der Waals surface area contributed by atoms with E-state index in [1.807, 2.05) is 11.6 Å². The molecular formula is C10H12N4S. The van der Waals surface area contributed by atoms with Crippen LogP contribution in [-0.2, 0) is 19.9 Å². The van der Waals surface area contributed by atoms with E-state index in [0.717, 1.165) is 22.8 Å². The second kappa shape index (κ2) is 3.06. The van der Waals surface area contributed by atoms with Crippen molar-refractivity contribution in [3.05, 3.63) is 16.8 Å². The van der Waals surface area contributed by atoms with Crippen molar-refractivity contribution >= 4 is 16.3 Å². The van der Waals surface area contributed by atoms with E-state index in [0.29, 0.717) is 0 Å². The van der Waals surface area contributed by atoms with Gasteiger partial charge in [0, 0.05) is 11.9 Å². The van der Waals surface area contributed by atoms with Crippen molar-refractivity contribution < 1.29 is 0 Å². The van der Waals surface area contributed by atoms with Gasteiger partial charge in [0.25, 0.3) is 0 Å². The highest BCUT2D eigenvalue weighted by atomic mass is 32.1. The average molecular weight is 220 g/mol. The van der Waals surface area contributed by atoms with Gasteiger partial charge in [0.2, 0.25) is 0 Å². The molecule has 0 atom stereocenters. The zero-order chi connectivity index (χ0) is 10.4. The van der Waals surface area contributed by atoms with Gasteiger partial charge < -0.3 is 10.3 Å². The molecule has 3 rings (SSSR count). The molecule has 0 bridgehead atoms. The Morgan fingerprint density at radius 2 is 2.33 bits per heavy atom. The van der Waals surface area contributed by atoms with Gasteiger partial charge in [-0.2, -0.15) is 0 Å². The number of aromatic nitrogens is 3. The maximum absolute atomic E-state index is 6.05. The molecule has 4 nitrogen and oxygen atoms in total. The molecule has 78 valence electrons. The largest absolute Gasteiger partial charge is 0.390 e. The normalized spacial score (nSPS) is 14.5. The lowest BCUT2D eigenvalue weighted by Gasteiger charge is -2.02. The Balaban J connectivity index is 2.24. The Kier molecular flexibility index (Phi) is 1.82. The fourth-order valence-corrected chi connectivity index (χ4v) is 3.34. The number of hydrogen-bond donors (Lipinski definition) is 1. The van der Waals surface area contributed by atoms with Crippen LogP contribution < -0.4 is 5.73 Å². The topological polar surface area (TPSA) is 56.7 Å². The summed E-state index contributed by atoms with van der Waals surface area (Å²) >= 11 is 1.71. The zero-order valence-corrected chi connectivity index (χ0v) is 9.34. The monoisotopic (exact) mass is 220 g/mol. The molecule has 1 aliphatic rings. The zero-order valence-electron chi connectivity index (χ0n) is 8.53. The first-order chi connectivity index (χ1) is 7.27. The van der Waals surface area contributed by atoms with Crippen LogP contribution in [0.5, 0.6) is 0 Å². The maximum Gasteiger partial charge on any atom is 0.166 e. The van der Waals surface area contributed by atoms with Gasteiger partial charge in [-0.05, 0) is 24.8 Å². The van der Waals surface area contributed by atoms with Crippen LogP contribution in [0, 0.1) is 0 Å². The van der Waals surface area contributed by atoms with Crippen molar-refractivity contribution in [3.63, 3.8) is 0 Å². The van der Waals surface area contributed by atoms with E-state index in [-0.39, 0.29) is 0 Å². The summed E-state index contributed by atoms with van der Waals surface area (Å²) in [4.78, 5) is 1.44. The number of aryl methyl sites for hydroxylation is 2. The number of hydrogen-bond acceptors (Lipinski definition) is 4. The SMILES string of the molecule is Cn1cnnc1-c1c(N)sc2c1CCC2. The Morgan fingerprint density at radius 1 is 1.47 bits per heavy atom. The predicted molar refractivity (Wildman–Crippen MR) is 60.8 cm³/mol. The van der Waals surface area contributed by atoms with Gasteiger partial charge in [0.1, 0.15) is 6.33 Å². The van der Waals surface area contributed by atoms with E-state index in [2.05, 4.69) is 10.2 Å². The third kappa shape index (κ3) is 1.19. The molecule has 0 aliphatic heterocycles.